The van der Waals surface area contributed by atoms with Crippen LogP contribution in [0.25, 0.3) is 0 Å². The van der Waals surface area contributed by atoms with E-state index in [1.165, 1.54) is 7.11 Å². The quantitative estimate of drug-likeness (QED) is 0.769. The molecule has 0 aromatic carbocycles. The zero-order valence-electron chi connectivity index (χ0n) is 8.55. The van der Waals surface area contributed by atoms with Gasteiger partial charge < -0.3 is 9.47 Å². The Hall–Kier alpha value is -1.81. The van der Waals surface area contributed by atoms with Crippen LogP contribution >= 0.6 is 11.6 Å². The topological polar surface area (TPSA) is 44.2 Å². The predicted molar refractivity (Wildman–Crippen MR) is 60.1 cm³/mol. The van der Waals surface area contributed by atoms with Crippen molar-refractivity contribution in [1.29, 1.82) is 0 Å². The lowest BCUT2D eigenvalue weighted by molar-refractivity contribution is 0.395. The lowest BCUT2D eigenvalue weighted by Gasteiger charge is -2.07. The number of nitrogens with zero attached hydrogens (tertiary/aromatic N) is 2. The van der Waals surface area contributed by atoms with Gasteiger partial charge in [0.05, 0.1) is 13.3 Å². The van der Waals surface area contributed by atoms with E-state index < -0.39 is 0 Å². The van der Waals surface area contributed by atoms with Crippen molar-refractivity contribution >= 4 is 11.6 Å². The van der Waals surface area contributed by atoms with Gasteiger partial charge in [0, 0.05) is 12.3 Å². The molecule has 0 amide bonds. The summed E-state index contributed by atoms with van der Waals surface area (Å²) in [4.78, 5) is 7.92. The third-order valence-corrected chi connectivity index (χ3v) is 2.13. The van der Waals surface area contributed by atoms with Gasteiger partial charge in [-0.1, -0.05) is 11.6 Å². The molecule has 2 rings (SSSR count). The number of methoxy groups -OCH3 is 1. The molecule has 0 radical (unpaired) electrons. The second-order valence-electron chi connectivity index (χ2n) is 2.93. The maximum Gasteiger partial charge on any atom is 0.214 e. The van der Waals surface area contributed by atoms with Gasteiger partial charge in [-0.25, -0.2) is 0 Å². The maximum atomic E-state index is 5.92. The molecule has 2 aromatic heterocycles. The molecule has 0 spiro atoms. The first-order valence-corrected chi connectivity index (χ1v) is 4.96. The Balaban J connectivity index is 2.22. The number of ether oxygens (including phenoxy) is 2. The van der Waals surface area contributed by atoms with Crippen LogP contribution in [0, 0.1) is 0 Å². The van der Waals surface area contributed by atoms with E-state index in [0.29, 0.717) is 17.4 Å². The summed E-state index contributed by atoms with van der Waals surface area (Å²) in [5.74, 6) is 1.52. The van der Waals surface area contributed by atoms with E-state index in [1.54, 1.807) is 36.7 Å². The lowest BCUT2D eigenvalue weighted by Crippen LogP contribution is -1.91. The molecule has 0 atom stereocenters. The zero-order valence-corrected chi connectivity index (χ0v) is 9.31. The molecular weight excluding hydrogens is 228 g/mol. The third kappa shape index (κ3) is 2.41. The Morgan fingerprint density at radius 3 is 2.75 bits per heavy atom. The fourth-order valence-electron chi connectivity index (χ4n) is 1.13. The molecule has 82 valence electrons. The van der Waals surface area contributed by atoms with E-state index in [4.69, 9.17) is 21.1 Å². The number of pyridine rings is 2. The van der Waals surface area contributed by atoms with Crippen molar-refractivity contribution in [3.05, 3.63) is 41.8 Å². The normalized spacial score (nSPS) is 9.88. The van der Waals surface area contributed by atoms with Crippen LogP contribution in [-0.4, -0.2) is 17.1 Å². The summed E-state index contributed by atoms with van der Waals surface area (Å²) in [5, 5.41) is 0.253. The van der Waals surface area contributed by atoms with Crippen LogP contribution in [0.3, 0.4) is 0 Å². The molecule has 0 aliphatic heterocycles. The highest BCUT2D eigenvalue weighted by Crippen LogP contribution is 2.28. The van der Waals surface area contributed by atoms with Crippen LogP contribution in [0.1, 0.15) is 0 Å². The Morgan fingerprint density at radius 1 is 1.25 bits per heavy atom. The molecule has 0 aliphatic rings. The molecule has 16 heavy (non-hydrogen) atoms. The van der Waals surface area contributed by atoms with Crippen LogP contribution in [0.5, 0.6) is 17.4 Å². The Labute approximate surface area is 97.8 Å². The molecule has 2 aromatic rings. The molecule has 0 saturated carbocycles. The summed E-state index contributed by atoms with van der Waals surface area (Å²) >= 11 is 5.92. The molecule has 4 nitrogen and oxygen atoms in total. The predicted octanol–water partition coefficient (Wildman–Crippen LogP) is 2.93. The van der Waals surface area contributed by atoms with Crippen LogP contribution in [0.2, 0.25) is 5.15 Å². The van der Waals surface area contributed by atoms with Crippen molar-refractivity contribution in [2.24, 2.45) is 0 Å². The number of rotatable bonds is 3. The Bertz CT molecular complexity index is 477. The smallest absolute Gasteiger partial charge is 0.214 e. The van der Waals surface area contributed by atoms with Crippen LogP contribution in [0.15, 0.2) is 36.7 Å². The van der Waals surface area contributed by atoms with Gasteiger partial charge in [-0.2, -0.15) is 4.98 Å². The highest BCUT2D eigenvalue weighted by molar-refractivity contribution is 6.30. The van der Waals surface area contributed by atoms with Crippen molar-refractivity contribution in [3.63, 3.8) is 0 Å². The van der Waals surface area contributed by atoms with Crippen molar-refractivity contribution in [2.45, 2.75) is 0 Å². The van der Waals surface area contributed by atoms with Crippen molar-refractivity contribution in [3.8, 4) is 17.4 Å². The minimum atomic E-state index is 0.253. The number of hydrogen-bond acceptors (Lipinski definition) is 4. The molecular formula is C11H9ClN2O2. The molecule has 0 unspecified atom stereocenters. The van der Waals surface area contributed by atoms with Gasteiger partial charge in [0.2, 0.25) is 5.88 Å². The fourth-order valence-corrected chi connectivity index (χ4v) is 1.31. The molecule has 5 heteroatoms. The first kappa shape index (κ1) is 10.7. The standard InChI is InChI=1S/C11H9ClN2O2/c1-15-10-5-4-9(11(12)14-10)16-8-3-2-6-13-7-8/h2-7H,1H3. The van der Waals surface area contributed by atoms with E-state index in [9.17, 15) is 0 Å². The number of aromatic nitrogens is 2. The molecule has 0 bridgehead atoms. The van der Waals surface area contributed by atoms with Crippen molar-refractivity contribution in [1.82, 2.24) is 9.97 Å². The Morgan fingerprint density at radius 2 is 2.12 bits per heavy atom. The first-order chi connectivity index (χ1) is 7.79. The zero-order chi connectivity index (χ0) is 11.4. The monoisotopic (exact) mass is 236 g/mol. The molecule has 0 N–H and O–H groups in total. The number of halogens is 1. The summed E-state index contributed by atoms with van der Waals surface area (Å²) < 4.78 is 10.4. The summed E-state index contributed by atoms with van der Waals surface area (Å²) in [5.41, 5.74) is 0. The van der Waals surface area contributed by atoms with E-state index in [2.05, 4.69) is 9.97 Å². The highest BCUT2D eigenvalue weighted by Gasteiger charge is 2.06. The van der Waals surface area contributed by atoms with E-state index in [-0.39, 0.29) is 5.15 Å². The van der Waals surface area contributed by atoms with Crippen molar-refractivity contribution < 1.29 is 9.47 Å². The minimum absolute atomic E-state index is 0.253. The van der Waals surface area contributed by atoms with E-state index in [0.717, 1.165) is 0 Å². The van der Waals surface area contributed by atoms with Crippen LogP contribution in [-0.2, 0) is 0 Å². The summed E-state index contributed by atoms with van der Waals surface area (Å²) in [6.45, 7) is 0. The highest BCUT2D eigenvalue weighted by atomic mass is 35.5. The lowest BCUT2D eigenvalue weighted by atomic mass is 10.4. The molecule has 0 saturated heterocycles. The summed E-state index contributed by atoms with van der Waals surface area (Å²) in [7, 11) is 1.53. The van der Waals surface area contributed by atoms with Crippen LogP contribution < -0.4 is 9.47 Å². The van der Waals surface area contributed by atoms with Gasteiger partial charge in [-0.3, -0.25) is 4.98 Å². The SMILES string of the molecule is COc1ccc(Oc2cccnc2)c(Cl)n1. The molecule has 0 fully saturated rings. The average molecular weight is 237 g/mol. The second kappa shape index (κ2) is 4.81. The van der Waals surface area contributed by atoms with E-state index >= 15 is 0 Å². The van der Waals surface area contributed by atoms with Gasteiger partial charge >= 0.3 is 0 Å². The van der Waals surface area contributed by atoms with Gasteiger partial charge in [0.25, 0.3) is 0 Å². The molecule has 0 aliphatic carbocycles. The van der Waals surface area contributed by atoms with Gasteiger partial charge in [0.1, 0.15) is 5.75 Å². The van der Waals surface area contributed by atoms with Gasteiger partial charge in [-0.05, 0) is 18.2 Å². The number of hydrogen-bond donors (Lipinski definition) is 0. The third-order valence-electron chi connectivity index (χ3n) is 1.86. The Kier molecular flexibility index (Phi) is 3.22. The fraction of sp³-hybridized carbons (Fsp3) is 0.0909. The second-order valence-corrected chi connectivity index (χ2v) is 3.29. The van der Waals surface area contributed by atoms with Gasteiger partial charge in [0.15, 0.2) is 10.9 Å². The average Bonchev–Trinajstić information content (AvgIpc) is 2.33. The maximum absolute atomic E-state index is 5.92. The van der Waals surface area contributed by atoms with Crippen LogP contribution in [0.4, 0.5) is 0 Å². The molecule has 2 heterocycles. The summed E-state index contributed by atoms with van der Waals surface area (Å²) in [6.07, 6.45) is 3.27. The summed E-state index contributed by atoms with van der Waals surface area (Å²) in [6, 6.07) is 6.94. The van der Waals surface area contributed by atoms with Crippen molar-refractivity contribution in [2.75, 3.05) is 7.11 Å². The minimum Gasteiger partial charge on any atom is -0.481 e. The first-order valence-electron chi connectivity index (χ1n) is 4.58. The van der Waals surface area contributed by atoms with Gasteiger partial charge in [-0.15, -0.1) is 0 Å². The van der Waals surface area contributed by atoms with E-state index in [1.807, 2.05) is 0 Å². The largest absolute Gasteiger partial charge is 0.481 e.